The largest absolute Gasteiger partial charge is 0.353 e. The van der Waals surface area contributed by atoms with Crippen LogP contribution in [0.2, 0.25) is 0 Å². The highest BCUT2D eigenvalue weighted by Gasteiger charge is 2.22. The Hall–Kier alpha value is -1.92. The number of hydrogen-bond donors (Lipinski definition) is 1. The zero-order valence-electron chi connectivity index (χ0n) is 11.9. The molecule has 1 aromatic heterocycles. The molecule has 0 aliphatic heterocycles. The van der Waals surface area contributed by atoms with Crippen LogP contribution >= 0.6 is 0 Å². The number of amides is 1. The lowest BCUT2D eigenvalue weighted by Crippen LogP contribution is -2.33. The highest BCUT2D eigenvalue weighted by molar-refractivity contribution is 5.76. The number of rotatable bonds is 5. The smallest absolute Gasteiger partial charge is 0.312 e. The average Bonchev–Trinajstić information content (AvgIpc) is 2.95. The monoisotopic (exact) mass is 280 g/mol. The molecule has 110 valence electrons. The van der Waals surface area contributed by atoms with Crippen molar-refractivity contribution in [3.63, 3.8) is 0 Å². The molecule has 7 heteroatoms. The molecule has 0 aromatic carbocycles. The molecule has 7 nitrogen and oxygen atoms in total. The van der Waals surface area contributed by atoms with Gasteiger partial charge in [-0.25, -0.2) is 0 Å². The summed E-state index contributed by atoms with van der Waals surface area (Å²) in [6, 6.07) is 0.303. The van der Waals surface area contributed by atoms with Gasteiger partial charge in [0.25, 0.3) is 0 Å². The molecule has 2 rings (SSSR count). The molecule has 0 saturated heterocycles. The summed E-state index contributed by atoms with van der Waals surface area (Å²) in [5.74, 6) is -0.00731. The van der Waals surface area contributed by atoms with Gasteiger partial charge >= 0.3 is 5.69 Å². The van der Waals surface area contributed by atoms with Crippen LogP contribution in [0.15, 0.2) is 0 Å². The van der Waals surface area contributed by atoms with E-state index in [1.165, 1.54) is 12.8 Å². The highest BCUT2D eigenvalue weighted by Crippen LogP contribution is 2.22. The second kappa shape index (κ2) is 6.02. The van der Waals surface area contributed by atoms with Gasteiger partial charge in [-0.1, -0.05) is 12.8 Å². The van der Waals surface area contributed by atoms with Gasteiger partial charge in [0.05, 0.1) is 11.5 Å². The van der Waals surface area contributed by atoms with Crippen molar-refractivity contribution in [1.29, 1.82) is 0 Å². The number of carbonyl (C=O) groups excluding carboxylic acids is 1. The normalized spacial score (nSPS) is 15.5. The van der Waals surface area contributed by atoms with Crippen molar-refractivity contribution in [2.75, 3.05) is 0 Å². The van der Waals surface area contributed by atoms with Gasteiger partial charge in [0.1, 0.15) is 11.4 Å². The molecule has 1 saturated carbocycles. The molecule has 1 amide bonds. The molecule has 1 aliphatic rings. The van der Waals surface area contributed by atoms with Crippen LogP contribution in [0.4, 0.5) is 5.69 Å². The topological polar surface area (TPSA) is 90.1 Å². The third-order valence-electron chi connectivity index (χ3n) is 3.80. The summed E-state index contributed by atoms with van der Waals surface area (Å²) in [6.45, 7) is 3.65. The third kappa shape index (κ3) is 3.15. The second-order valence-electron chi connectivity index (χ2n) is 5.30. The van der Waals surface area contributed by atoms with Crippen molar-refractivity contribution >= 4 is 11.6 Å². The van der Waals surface area contributed by atoms with Crippen LogP contribution in [-0.2, 0) is 11.3 Å². The van der Waals surface area contributed by atoms with Gasteiger partial charge in [-0.3, -0.25) is 19.6 Å². The summed E-state index contributed by atoms with van der Waals surface area (Å²) in [5, 5.41) is 18.0. The summed E-state index contributed by atoms with van der Waals surface area (Å²) in [6.07, 6.45) is 4.76. The lowest BCUT2D eigenvalue weighted by Gasteiger charge is -2.11. The van der Waals surface area contributed by atoms with Gasteiger partial charge in [-0.2, -0.15) is 5.10 Å². The maximum atomic E-state index is 11.8. The minimum absolute atomic E-state index is 0.00731. The second-order valence-corrected chi connectivity index (χ2v) is 5.30. The van der Waals surface area contributed by atoms with E-state index in [0.29, 0.717) is 30.4 Å². The van der Waals surface area contributed by atoms with Crippen LogP contribution < -0.4 is 5.32 Å². The summed E-state index contributed by atoms with van der Waals surface area (Å²) in [5.41, 5.74) is 0.936. The number of nitrogens with zero attached hydrogens (tertiary/aromatic N) is 3. The maximum absolute atomic E-state index is 11.8. The van der Waals surface area contributed by atoms with Crippen molar-refractivity contribution in [2.45, 2.75) is 58.5 Å². The predicted molar refractivity (Wildman–Crippen MR) is 73.4 cm³/mol. The number of nitro groups is 1. The first kappa shape index (κ1) is 14.5. The van der Waals surface area contributed by atoms with E-state index in [9.17, 15) is 14.9 Å². The first-order valence-electron chi connectivity index (χ1n) is 6.97. The van der Waals surface area contributed by atoms with Crippen LogP contribution in [0.25, 0.3) is 0 Å². The zero-order chi connectivity index (χ0) is 14.7. The molecular weight excluding hydrogens is 260 g/mol. The zero-order valence-corrected chi connectivity index (χ0v) is 11.9. The predicted octanol–water partition coefficient (Wildman–Crippen LogP) is 1.86. The first-order valence-corrected chi connectivity index (χ1v) is 6.97. The van der Waals surface area contributed by atoms with Crippen LogP contribution in [0.3, 0.4) is 0 Å². The summed E-state index contributed by atoms with van der Waals surface area (Å²) in [4.78, 5) is 22.3. The third-order valence-corrected chi connectivity index (χ3v) is 3.80. The molecule has 1 heterocycles. The maximum Gasteiger partial charge on any atom is 0.312 e. The molecule has 0 unspecified atom stereocenters. The van der Waals surface area contributed by atoms with E-state index in [1.807, 2.05) is 0 Å². The van der Waals surface area contributed by atoms with Crippen LogP contribution in [0, 0.1) is 24.0 Å². The Morgan fingerprint density at radius 1 is 1.45 bits per heavy atom. The Morgan fingerprint density at radius 2 is 2.10 bits per heavy atom. The fraction of sp³-hybridized carbons (Fsp3) is 0.692. The molecule has 0 spiro atoms. The van der Waals surface area contributed by atoms with Crippen LogP contribution in [0.5, 0.6) is 0 Å². The molecule has 1 aliphatic carbocycles. The van der Waals surface area contributed by atoms with Gasteiger partial charge < -0.3 is 5.32 Å². The van der Waals surface area contributed by atoms with Crippen LogP contribution in [-0.4, -0.2) is 26.7 Å². The minimum Gasteiger partial charge on any atom is -0.353 e. The Bertz CT molecular complexity index is 518. The van der Waals surface area contributed by atoms with E-state index in [-0.39, 0.29) is 11.6 Å². The fourth-order valence-electron chi connectivity index (χ4n) is 2.75. The SMILES string of the molecule is Cc1nn(CCC(=O)NC2CCCC2)c(C)c1[N+](=O)[O-]. The van der Waals surface area contributed by atoms with E-state index in [0.717, 1.165) is 12.8 Å². The lowest BCUT2D eigenvalue weighted by atomic mass is 10.2. The number of nitrogens with one attached hydrogen (secondary N) is 1. The first-order chi connectivity index (χ1) is 9.49. The Balaban J connectivity index is 1.92. The van der Waals surface area contributed by atoms with E-state index in [2.05, 4.69) is 10.4 Å². The van der Waals surface area contributed by atoms with Crippen molar-refractivity contribution in [3.8, 4) is 0 Å². The minimum atomic E-state index is -0.424. The van der Waals surface area contributed by atoms with Crippen molar-refractivity contribution in [3.05, 3.63) is 21.5 Å². The Kier molecular flexibility index (Phi) is 4.36. The number of carbonyl (C=O) groups is 1. The van der Waals surface area contributed by atoms with Crippen molar-refractivity contribution in [1.82, 2.24) is 15.1 Å². The summed E-state index contributed by atoms with van der Waals surface area (Å²) >= 11 is 0. The van der Waals surface area contributed by atoms with Gasteiger partial charge in [-0.15, -0.1) is 0 Å². The van der Waals surface area contributed by atoms with Gasteiger partial charge in [0.15, 0.2) is 0 Å². The molecule has 1 N–H and O–H groups in total. The quantitative estimate of drug-likeness (QED) is 0.658. The molecule has 0 atom stereocenters. The molecule has 20 heavy (non-hydrogen) atoms. The van der Waals surface area contributed by atoms with Crippen molar-refractivity contribution in [2.24, 2.45) is 0 Å². The van der Waals surface area contributed by atoms with Gasteiger partial charge in [0.2, 0.25) is 5.91 Å². The fourth-order valence-corrected chi connectivity index (χ4v) is 2.75. The van der Waals surface area contributed by atoms with E-state index < -0.39 is 4.92 Å². The van der Waals surface area contributed by atoms with E-state index in [4.69, 9.17) is 0 Å². The summed E-state index contributed by atoms with van der Waals surface area (Å²) < 4.78 is 1.54. The van der Waals surface area contributed by atoms with E-state index in [1.54, 1.807) is 18.5 Å². The number of hydrogen-bond acceptors (Lipinski definition) is 4. The standard InChI is InChI=1S/C13H20N4O3/c1-9-13(17(19)20)10(2)16(15-9)8-7-12(18)14-11-5-3-4-6-11/h11H,3-8H2,1-2H3,(H,14,18). The number of aromatic nitrogens is 2. The molecule has 1 fully saturated rings. The lowest BCUT2D eigenvalue weighted by molar-refractivity contribution is -0.386. The average molecular weight is 280 g/mol. The van der Waals surface area contributed by atoms with E-state index >= 15 is 0 Å². The molecular formula is C13H20N4O3. The molecule has 0 bridgehead atoms. The highest BCUT2D eigenvalue weighted by atomic mass is 16.6. The number of aryl methyl sites for hydroxylation is 2. The molecule has 0 radical (unpaired) electrons. The van der Waals surface area contributed by atoms with Gasteiger partial charge in [-0.05, 0) is 26.7 Å². The van der Waals surface area contributed by atoms with Gasteiger partial charge in [0, 0.05) is 12.5 Å². The Labute approximate surface area is 117 Å². The molecule has 1 aromatic rings. The summed E-state index contributed by atoms with van der Waals surface area (Å²) in [7, 11) is 0. The van der Waals surface area contributed by atoms with Crippen molar-refractivity contribution < 1.29 is 9.72 Å². The van der Waals surface area contributed by atoms with Crippen LogP contribution in [0.1, 0.15) is 43.5 Å². The Morgan fingerprint density at radius 3 is 2.65 bits per heavy atom.